The standard InChI is InChI=1S/C26H38O6/c1-15-12-22-20-7-6-18-13-19(32-17(3)28)8-10-24(18,4)21(20)9-11-25(22,5)26(15,30)23(29)14-31-16(2)27/h6,15,19-22,30H,7-14H2,1-5H3/t15-,19+,20-,21+,22+,24+,25+,26+/m1/s1. The highest BCUT2D eigenvalue weighted by molar-refractivity contribution is 5.91. The summed E-state index contributed by atoms with van der Waals surface area (Å²) >= 11 is 0. The molecule has 0 aromatic rings. The summed E-state index contributed by atoms with van der Waals surface area (Å²) in [6, 6.07) is 0. The van der Waals surface area contributed by atoms with Crippen molar-refractivity contribution in [3.8, 4) is 0 Å². The zero-order valence-corrected chi connectivity index (χ0v) is 20.1. The highest BCUT2D eigenvalue weighted by Gasteiger charge is 2.68. The van der Waals surface area contributed by atoms with Crippen LogP contribution in [0.15, 0.2) is 11.6 Å². The number of carbonyl (C=O) groups excluding carboxylic acids is 3. The molecule has 0 radical (unpaired) electrons. The molecule has 6 heteroatoms. The van der Waals surface area contributed by atoms with Gasteiger partial charge in [0.25, 0.3) is 0 Å². The largest absolute Gasteiger partial charge is 0.462 e. The van der Waals surface area contributed by atoms with E-state index in [9.17, 15) is 19.5 Å². The first-order chi connectivity index (χ1) is 14.9. The Kier molecular flexibility index (Phi) is 5.84. The molecule has 0 aromatic heterocycles. The van der Waals surface area contributed by atoms with Crippen molar-refractivity contribution in [3.63, 3.8) is 0 Å². The van der Waals surface area contributed by atoms with E-state index in [4.69, 9.17) is 9.47 Å². The fraction of sp³-hybridized carbons (Fsp3) is 0.808. The predicted molar refractivity (Wildman–Crippen MR) is 118 cm³/mol. The van der Waals surface area contributed by atoms with Crippen molar-refractivity contribution in [1.82, 2.24) is 0 Å². The molecule has 8 atom stereocenters. The molecule has 32 heavy (non-hydrogen) atoms. The van der Waals surface area contributed by atoms with Crippen molar-refractivity contribution in [2.75, 3.05) is 6.61 Å². The van der Waals surface area contributed by atoms with Gasteiger partial charge in [-0.25, -0.2) is 0 Å². The van der Waals surface area contributed by atoms with E-state index in [0.717, 1.165) is 44.9 Å². The fourth-order valence-electron chi connectivity index (χ4n) is 8.18. The van der Waals surface area contributed by atoms with Gasteiger partial charge in [0.15, 0.2) is 6.61 Å². The molecule has 3 fully saturated rings. The normalized spacial score (nSPS) is 45.1. The maximum atomic E-state index is 13.1. The molecule has 0 saturated heterocycles. The Hall–Kier alpha value is -1.69. The van der Waals surface area contributed by atoms with Crippen molar-refractivity contribution in [1.29, 1.82) is 0 Å². The molecule has 178 valence electrons. The lowest BCUT2D eigenvalue weighted by Crippen LogP contribution is -2.59. The van der Waals surface area contributed by atoms with Gasteiger partial charge in [-0.05, 0) is 67.6 Å². The Labute approximate surface area is 191 Å². The third-order valence-electron chi connectivity index (χ3n) is 9.80. The summed E-state index contributed by atoms with van der Waals surface area (Å²) in [5.74, 6) is -0.0497. The zero-order valence-electron chi connectivity index (χ0n) is 20.1. The van der Waals surface area contributed by atoms with Crippen LogP contribution in [0.5, 0.6) is 0 Å². The molecule has 0 amide bonds. The highest BCUT2D eigenvalue weighted by atomic mass is 16.5. The number of carbonyl (C=O) groups is 3. The van der Waals surface area contributed by atoms with Crippen LogP contribution in [-0.2, 0) is 23.9 Å². The van der Waals surface area contributed by atoms with Gasteiger partial charge >= 0.3 is 11.9 Å². The Morgan fingerprint density at radius 1 is 1.09 bits per heavy atom. The Bertz CT molecular complexity index is 847. The number of allylic oxidation sites excluding steroid dienone is 1. The van der Waals surface area contributed by atoms with Crippen LogP contribution >= 0.6 is 0 Å². The highest BCUT2D eigenvalue weighted by Crippen LogP contribution is 2.68. The van der Waals surface area contributed by atoms with E-state index in [1.165, 1.54) is 19.4 Å². The second-order valence-corrected chi connectivity index (χ2v) is 11.3. The molecule has 0 bridgehead atoms. The average molecular weight is 447 g/mol. The first-order valence-corrected chi connectivity index (χ1v) is 12.2. The monoisotopic (exact) mass is 446 g/mol. The molecular weight excluding hydrogens is 408 g/mol. The zero-order chi connectivity index (χ0) is 23.5. The molecule has 4 rings (SSSR count). The van der Waals surface area contributed by atoms with E-state index in [0.29, 0.717) is 11.8 Å². The molecule has 0 aliphatic heterocycles. The Morgan fingerprint density at radius 3 is 2.47 bits per heavy atom. The lowest BCUT2D eigenvalue weighted by Gasteiger charge is -2.58. The van der Waals surface area contributed by atoms with Crippen molar-refractivity contribution in [2.45, 2.75) is 91.3 Å². The first-order valence-electron chi connectivity index (χ1n) is 12.2. The third-order valence-corrected chi connectivity index (χ3v) is 9.80. The molecule has 0 spiro atoms. The van der Waals surface area contributed by atoms with Gasteiger partial charge in [0.05, 0.1) is 0 Å². The van der Waals surface area contributed by atoms with Crippen LogP contribution in [0.2, 0.25) is 0 Å². The number of hydrogen-bond donors (Lipinski definition) is 1. The van der Waals surface area contributed by atoms with E-state index in [-0.39, 0.29) is 41.7 Å². The maximum Gasteiger partial charge on any atom is 0.303 e. The lowest BCUT2D eigenvalue weighted by atomic mass is 9.46. The number of esters is 2. The SMILES string of the molecule is CC(=O)OCC(=O)[C@@]1(O)[C@H](C)C[C@H]2[C@@H]3CC=C4C[C@@H](OC(C)=O)CC[C@]4(C)[C@H]3CC[C@@]21C. The van der Waals surface area contributed by atoms with Crippen molar-refractivity contribution < 1.29 is 29.0 Å². The molecule has 0 unspecified atom stereocenters. The maximum absolute atomic E-state index is 13.1. The fourth-order valence-corrected chi connectivity index (χ4v) is 8.18. The van der Waals surface area contributed by atoms with Gasteiger partial charge in [0.2, 0.25) is 5.78 Å². The van der Waals surface area contributed by atoms with Gasteiger partial charge in [-0.3, -0.25) is 14.4 Å². The summed E-state index contributed by atoms with van der Waals surface area (Å²) < 4.78 is 10.5. The number of ether oxygens (including phenoxy) is 2. The molecule has 6 nitrogen and oxygen atoms in total. The molecule has 4 aliphatic rings. The van der Waals surface area contributed by atoms with Crippen molar-refractivity contribution in [2.24, 2.45) is 34.5 Å². The summed E-state index contributed by atoms with van der Waals surface area (Å²) in [6.07, 6.45) is 8.59. The van der Waals surface area contributed by atoms with E-state index < -0.39 is 17.0 Å². The van der Waals surface area contributed by atoms with Crippen LogP contribution in [0, 0.1) is 34.5 Å². The smallest absolute Gasteiger partial charge is 0.303 e. The van der Waals surface area contributed by atoms with Crippen LogP contribution < -0.4 is 0 Å². The Balaban J connectivity index is 1.59. The summed E-state index contributed by atoms with van der Waals surface area (Å²) in [7, 11) is 0. The summed E-state index contributed by atoms with van der Waals surface area (Å²) in [4.78, 5) is 35.8. The van der Waals surface area contributed by atoms with Crippen LogP contribution in [0.1, 0.15) is 79.6 Å². The Morgan fingerprint density at radius 2 is 1.81 bits per heavy atom. The van der Waals surface area contributed by atoms with Crippen LogP contribution in [0.3, 0.4) is 0 Å². The van der Waals surface area contributed by atoms with E-state index in [1.54, 1.807) is 0 Å². The summed E-state index contributed by atoms with van der Waals surface area (Å²) in [5.41, 5.74) is -0.462. The van der Waals surface area contributed by atoms with Crippen LogP contribution in [-0.4, -0.2) is 41.1 Å². The summed E-state index contributed by atoms with van der Waals surface area (Å²) in [5, 5.41) is 11.8. The summed E-state index contributed by atoms with van der Waals surface area (Å²) in [6.45, 7) is 8.84. The molecular formula is C26H38O6. The van der Waals surface area contributed by atoms with E-state index >= 15 is 0 Å². The quantitative estimate of drug-likeness (QED) is 0.519. The minimum Gasteiger partial charge on any atom is -0.462 e. The second-order valence-electron chi connectivity index (χ2n) is 11.3. The topological polar surface area (TPSA) is 89.9 Å². The average Bonchev–Trinajstić information content (AvgIpc) is 2.93. The predicted octanol–water partition coefficient (Wildman–Crippen LogP) is 3.99. The second kappa shape index (κ2) is 7.96. The number of Topliss-reactive ketones (excluding diaryl/α,β-unsaturated/α-hetero) is 1. The first kappa shape index (κ1) is 23.5. The molecule has 3 saturated carbocycles. The molecule has 0 aromatic carbocycles. The molecule has 1 N–H and O–H groups in total. The van der Waals surface area contributed by atoms with Crippen molar-refractivity contribution >= 4 is 17.7 Å². The van der Waals surface area contributed by atoms with Gasteiger partial charge in [-0.2, -0.15) is 0 Å². The van der Waals surface area contributed by atoms with Crippen LogP contribution in [0.25, 0.3) is 0 Å². The molecule has 4 aliphatic carbocycles. The van der Waals surface area contributed by atoms with E-state index in [2.05, 4.69) is 19.9 Å². The number of aliphatic hydroxyl groups is 1. The number of fused-ring (bicyclic) bond motifs is 5. The van der Waals surface area contributed by atoms with Gasteiger partial charge in [-0.15, -0.1) is 0 Å². The van der Waals surface area contributed by atoms with Crippen molar-refractivity contribution in [3.05, 3.63) is 11.6 Å². The van der Waals surface area contributed by atoms with Gasteiger partial charge in [-0.1, -0.05) is 32.4 Å². The minimum absolute atomic E-state index is 0.0206. The van der Waals surface area contributed by atoms with Gasteiger partial charge in [0, 0.05) is 25.7 Å². The minimum atomic E-state index is -1.46. The lowest BCUT2D eigenvalue weighted by molar-refractivity contribution is -0.174. The number of rotatable bonds is 4. The third kappa shape index (κ3) is 3.36. The number of hydrogen-bond acceptors (Lipinski definition) is 6. The van der Waals surface area contributed by atoms with Gasteiger partial charge < -0.3 is 14.6 Å². The molecule has 0 heterocycles. The number of ketones is 1. The van der Waals surface area contributed by atoms with E-state index in [1.807, 2.05) is 6.92 Å². The van der Waals surface area contributed by atoms with Crippen LogP contribution in [0.4, 0.5) is 0 Å². The van der Waals surface area contributed by atoms with Gasteiger partial charge in [0.1, 0.15) is 11.7 Å².